The predicted molar refractivity (Wildman–Crippen MR) is 112 cm³/mol. The van der Waals surface area contributed by atoms with Crippen molar-refractivity contribution < 1.29 is 9.53 Å². The van der Waals surface area contributed by atoms with Crippen molar-refractivity contribution in [2.75, 3.05) is 0 Å². The van der Waals surface area contributed by atoms with Gasteiger partial charge in [-0.2, -0.15) is 0 Å². The first-order valence-electron chi connectivity index (χ1n) is 11.7. The highest BCUT2D eigenvalue weighted by Crippen LogP contribution is 2.35. The van der Waals surface area contributed by atoms with Crippen LogP contribution in [0.2, 0.25) is 0 Å². The maximum atomic E-state index is 12.2. The van der Waals surface area contributed by atoms with Crippen LogP contribution in [0.4, 0.5) is 0 Å². The number of hydrogen-bond acceptors (Lipinski definition) is 2. The minimum Gasteiger partial charge on any atom is -0.462 e. The Morgan fingerprint density at radius 1 is 0.885 bits per heavy atom. The van der Waals surface area contributed by atoms with Crippen LogP contribution in [0.5, 0.6) is 0 Å². The number of carbonyl (C=O) groups excluding carboxylic acids is 1. The fourth-order valence-corrected chi connectivity index (χ4v) is 4.41. The van der Waals surface area contributed by atoms with Crippen LogP contribution in [-0.4, -0.2) is 12.1 Å². The van der Waals surface area contributed by atoms with Gasteiger partial charge in [-0.25, -0.2) is 0 Å². The second kappa shape index (κ2) is 14.5. The lowest BCUT2D eigenvalue weighted by Gasteiger charge is -2.36. The Labute approximate surface area is 163 Å². The lowest BCUT2D eigenvalue weighted by Crippen LogP contribution is -2.35. The third-order valence-corrected chi connectivity index (χ3v) is 6.23. The van der Waals surface area contributed by atoms with E-state index in [9.17, 15) is 4.79 Å². The van der Waals surface area contributed by atoms with E-state index in [1.54, 1.807) is 0 Å². The lowest BCUT2D eigenvalue weighted by molar-refractivity contribution is -0.156. The van der Waals surface area contributed by atoms with Gasteiger partial charge in [-0.3, -0.25) is 4.79 Å². The Bertz CT molecular complexity index is 350. The van der Waals surface area contributed by atoms with Crippen LogP contribution in [0.25, 0.3) is 0 Å². The first kappa shape index (κ1) is 23.5. The molecule has 0 aromatic carbocycles. The minimum absolute atomic E-state index is 0.0469. The Hall–Kier alpha value is -0.530. The highest BCUT2D eigenvalue weighted by Gasteiger charge is 2.33. The molecule has 0 spiro atoms. The molecular weight excluding hydrogens is 320 g/mol. The molecule has 0 radical (unpaired) electrons. The average Bonchev–Trinajstić information content (AvgIpc) is 2.59. The van der Waals surface area contributed by atoms with Crippen molar-refractivity contribution >= 4 is 5.97 Å². The summed E-state index contributed by atoms with van der Waals surface area (Å²) in [6.07, 6.45) is 18.9. The Morgan fingerprint density at radius 2 is 1.42 bits per heavy atom. The van der Waals surface area contributed by atoms with Gasteiger partial charge in [0.05, 0.1) is 0 Å². The van der Waals surface area contributed by atoms with E-state index in [1.807, 2.05) is 0 Å². The van der Waals surface area contributed by atoms with Gasteiger partial charge in [0.2, 0.25) is 0 Å². The second-order valence-corrected chi connectivity index (χ2v) is 9.14. The summed E-state index contributed by atoms with van der Waals surface area (Å²) >= 11 is 0. The number of ether oxygens (including phenoxy) is 1. The van der Waals surface area contributed by atoms with Crippen molar-refractivity contribution in [3.05, 3.63) is 0 Å². The van der Waals surface area contributed by atoms with E-state index in [0.717, 1.165) is 12.8 Å². The van der Waals surface area contributed by atoms with Crippen LogP contribution < -0.4 is 0 Å². The van der Waals surface area contributed by atoms with Crippen molar-refractivity contribution in [3.63, 3.8) is 0 Å². The lowest BCUT2D eigenvalue weighted by atomic mass is 9.75. The SMILES string of the molecule is CCCCCCCCCCCCCC(=O)O[C@@H]1C[C@H](C)CC[C@H]1C(C)C. The zero-order chi connectivity index (χ0) is 19.2. The normalized spacial score (nSPS) is 23.3. The van der Waals surface area contributed by atoms with Crippen LogP contribution in [0.1, 0.15) is 124 Å². The van der Waals surface area contributed by atoms with Gasteiger partial charge in [0.15, 0.2) is 0 Å². The second-order valence-electron chi connectivity index (χ2n) is 9.14. The Morgan fingerprint density at radius 3 is 1.96 bits per heavy atom. The molecular formula is C24H46O2. The molecule has 154 valence electrons. The number of rotatable bonds is 14. The van der Waals surface area contributed by atoms with Crippen LogP contribution >= 0.6 is 0 Å². The number of unbranched alkanes of at least 4 members (excludes halogenated alkanes) is 10. The molecule has 1 aliphatic carbocycles. The van der Waals surface area contributed by atoms with Crippen molar-refractivity contribution in [1.29, 1.82) is 0 Å². The number of hydrogen-bond donors (Lipinski definition) is 0. The van der Waals surface area contributed by atoms with Gasteiger partial charge in [0.25, 0.3) is 0 Å². The van der Waals surface area contributed by atoms with Crippen LogP contribution in [-0.2, 0) is 9.53 Å². The summed E-state index contributed by atoms with van der Waals surface area (Å²) in [5.74, 6) is 1.92. The number of carbonyl (C=O) groups is 1. The number of esters is 1. The van der Waals surface area contributed by atoms with E-state index in [4.69, 9.17) is 4.74 Å². The summed E-state index contributed by atoms with van der Waals surface area (Å²) in [4.78, 5) is 12.2. The monoisotopic (exact) mass is 366 g/mol. The molecule has 0 heterocycles. The topological polar surface area (TPSA) is 26.3 Å². The van der Waals surface area contributed by atoms with E-state index in [1.165, 1.54) is 77.0 Å². The molecule has 26 heavy (non-hydrogen) atoms. The van der Waals surface area contributed by atoms with Crippen LogP contribution in [0.3, 0.4) is 0 Å². The highest BCUT2D eigenvalue weighted by molar-refractivity contribution is 5.69. The molecule has 0 N–H and O–H groups in total. The van der Waals surface area contributed by atoms with Gasteiger partial charge >= 0.3 is 5.97 Å². The molecule has 0 bridgehead atoms. The van der Waals surface area contributed by atoms with Crippen molar-refractivity contribution in [1.82, 2.24) is 0 Å². The van der Waals surface area contributed by atoms with Gasteiger partial charge in [-0.1, -0.05) is 98.3 Å². The van der Waals surface area contributed by atoms with E-state index in [2.05, 4.69) is 27.7 Å². The largest absolute Gasteiger partial charge is 0.462 e. The fourth-order valence-electron chi connectivity index (χ4n) is 4.41. The third kappa shape index (κ3) is 10.6. The molecule has 2 heteroatoms. The van der Waals surface area contributed by atoms with E-state index < -0.39 is 0 Å². The van der Waals surface area contributed by atoms with E-state index >= 15 is 0 Å². The molecule has 0 aromatic heterocycles. The maximum absolute atomic E-state index is 12.2. The molecule has 0 saturated heterocycles. The molecule has 1 fully saturated rings. The smallest absolute Gasteiger partial charge is 0.306 e. The molecule has 0 amide bonds. The summed E-state index contributed by atoms with van der Waals surface area (Å²) in [5.41, 5.74) is 0. The molecule has 0 aliphatic heterocycles. The van der Waals surface area contributed by atoms with E-state index in [0.29, 0.717) is 24.2 Å². The van der Waals surface area contributed by atoms with Gasteiger partial charge < -0.3 is 4.74 Å². The predicted octanol–water partition coefficient (Wildman–Crippen LogP) is 7.69. The average molecular weight is 367 g/mol. The molecule has 1 rings (SSSR count). The standard InChI is InChI=1S/C24H46O2/c1-5-6-7-8-9-10-11-12-13-14-15-16-24(25)26-23-19-21(4)17-18-22(23)20(2)3/h20-23H,5-19H2,1-4H3/t21-,22+,23-/m1/s1. The Kier molecular flexibility index (Phi) is 13.1. The molecule has 0 unspecified atom stereocenters. The Balaban J connectivity index is 2.02. The maximum Gasteiger partial charge on any atom is 0.306 e. The summed E-state index contributed by atoms with van der Waals surface area (Å²) in [5, 5.41) is 0. The summed E-state index contributed by atoms with van der Waals surface area (Å²) < 4.78 is 5.89. The van der Waals surface area contributed by atoms with Crippen molar-refractivity contribution in [2.45, 2.75) is 130 Å². The summed E-state index contributed by atoms with van der Waals surface area (Å²) in [6, 6.07) is 0. The van der Waals surface area contributed by atoms with Crippen LogP contribution in [0.15, 0.2) is 0 Å². The first-order valence-corrected chi connectivity index (χ1v) is 11.7. The third-order valence-electron chi connectivity index (χ3n) is 6.23. The molecule has 0 aromatic rings. The summed E-state index contributed by atoms with van der Waals surface area (Å²) in [6.45, 7) is 9.10. The quantitative estimate of drug-likeness (QED) is 0.232. The highest BCUT2D eigenvalue weighted by atomic mass is 16.5. The zero-order valence-electron chi connectivity index (χ0n) is 18.2. The molecule has 1 saturated carbocycles. The van der Waals surface area contributed by atoms with E-state index in [-0.39, 0.29) is 12.1 Å². The van der Waals surface area contributed by atoms with Gasteiger partial charge in [-0.15, -0.1) is 0 Å². The fraction of sp³-hybridized carbons (Fsp3) is 0.958. The zero-order valence-corrected chi connectivity index (χ0v) is 18.2. The van der Waals surface area contributed by atoms with Gasteiger partial charge in [0, 0.05) is 6.42 Å². The van der Waals surface area contributed by atoms with Gasteiger partial charge in [0.1, 0.15) is 6.10 Å². The molecule has 1 aliphatic rings. The van der Waals surface area contributed by atoms with Crippen LogP contribution in [0, 0.1) is 17.8 Å². The van der Waals surface area contributed by atoms with Gasteiger partial charge in [-0.05, 0) is 37.0 Å². The first-order chi connectivity index (χ1) is 12.5. The molecule has 3 atom stereocenters. The van der Waals surface area contributed by atoms with Crippen molar-refractivity contribution in [3.8, 4) is 0 Å². The summed E-state index contributed by atoms with van der Waals surface area (Å²) in [7, 11) is 0. The molecule has 2 nitrogen and oxygen atoms in total. The van der Waals surface area contributed by atoms with Crippen molar-refractivity contribution in [2.24, 2.45) is 17.8 Å². The minimum atomic E-state index is 0.0469.